The van der Waals surface area contributed by atoms with Crippen molar-refractivity contribution in [3.8, 4) is 0 Å². The number of nitrogens with zero attached hydrogens (tertiary/aromatic N) is 1. The number of hydrogen-bond acceptors (Lipinski definition) is 5. The fourth-order valence-electron chi connectivity index (χ4n) is 1.03. The third-order valence-corrected chi connectivity index (χ3v) is 1.61. The molecule has 0 aliphatic carbocycles. The molecule has 0 unspecified atom stereocenters. The van der Waals surface area contributed by atoms with E-state index in [4.69, 9.17) is 9.47 Å². The van der Waals surface area contributed by atoms with Gasteiger partial charge in [-0.05, 0) is 20.8 Å². The van der Waals surface area contributed by atoms with Gasteiger partial charge in [0.1, 0.15) is 5.60 Å². The highest BCUT2D eigenvalue weighted by atomic mass is 16.6. The molecule has 0 saturated carbocycles. The average Bonchev–Trinajstić information content (AvgIpc) is 2.56. The lowest BCUT2D eigenvalue weighted by atomic mass is 10.2. The van der Waals surface area contributed by atoms with E-state index in [-0.39, 0.29) is 5.90 Å². The first-order valence-electron chi connectivity index (χ1n) is 5.28. The summed E-state index contributed by atoms with van der Waals surface area (Å²) >= 11 is 0. The number of alkyl carbamates (subject to hydrolysis) is 1. The topological polar surface area (TPSA) is 77.0 Å². The van der Waals surface area contributed by atoms with Crippen molar-refractivity contribution in [2.75, 3.05) is 13.1 Å². The largest absolute Gasteiger partial charge is 0.444 e. The molecule has 6 heteroatoms. The van der Waals surface area contributed by atoms with Crippen molar-refractivity contribution in [2.45, 2.75) is 26.4 Å². The van der Waals surface area contributed by atoms with Crippen molar-refractivity contribution in [1.82, 2.24) is 5.32 Å². The van der Waals surface area contributed by atoms with Gasteiger partial charge in [-0.15, -0.1) is 0 Å². The number of carbonyl (C=O) groups is 2. The van der Waals surface area contributed by atoms with Gasteiger partial charge in [0.25, 0.3) is 0 Å². The van der Waals surface area contributed by atoms with Crippen LogP contribution in [0.3, 0.4) is 0 Å². The summed E-state index contributed by atoms with van der Waals surface area (Å²) in [5.41, 5.74) is -0.514. The molecule has 1 amide bonds. The lowest BCUT2D eigenvalue weighted by Crippen LogP contribution is -2.33. The van der Waals surface area contributed by atoms with E-state index in [1.807, 2.05) is 0 Å². The molecule has 1 heterocycles. The van der Waals surface area contributed by atoms with E-state index in [0.717, 1.165) is 0 Å². The van der Waals surface area contributed by atoms with Crippen LogP contribution < -0.4 is 5.32 Å². The van der Waals surface area contributed by atoms with E-state index in [2.05, 4.69) is 10.3 Å². The first-order valence-corrected chi connectivity index (χ1v) is 5.28. The molecule has 0 atom stereocenters. The van der Waals surface area contributed by atoms with Crippen LogP contribution >= 0.6 is 0 Å². The molecule has 17 heavy (non-hydrogen) atoms. The lowest BCUT2D eigenvalue weighted by molar-refractivity contribution is -0.129. The predicted octanol–water partition coefficient (Wildman–Crippen LogP) is 1.02. The second-order valence-electron chi connectivity index (χ2n) is 4.40. The lowest BCUT2D eigenvalue weighted by Gasteiger charge is -2.19. The maximum atomic E-state index is 11.2. The molecule has 0 spiro atoms. The Morgan fingerprint density at radius 2 is 2.18 bits per heavy atom. The highest BCUT2D eigenvalue weighted by Gasteiger charge is 2.15. The number of rotatable bonds is 3. The van der Waals surface area contributed by atoms with Crippen molar-refractivity contribution in [3.05, 3.63) is 12.2 Å². The maximum Gasteiger partial charge on any atom is 0.407 e. The zero-order valence-corrected chi connectivity index (χ0v) is 10.1. The Kier molecular flexibility index (Phi) is 4.25. The summed E-state index contributed by atoms with van der Waals surface area (Å²) in [6.45, 7) is 6.01. The minimum absolute atomic E-state index is 0.265. The van der Waals surface area contributed by atoms with E-state index in [0.29, 0.717) is 13.1 Å². The Bertz CT molecular complexity index is 366. The Labute approximate surface area is 99.7 Å². The van der Waals surface area contributed by atoms with Crippen molar-refractivity contribution < 1.29 is 19.1 Å². The molecule has 0 saturated heterocycles. The average molecular weight is 240 g/mol. The summed E-state index contributed by atoms with van der Waals surface area (Å²) in [7, 11) is 0. The third kappa shape index (κ3) is 5.70. The number of aliphatic imine (C=N–C) groups is 1. The molecule has 1 N–H and O–H groups in total. The zero-order valence-electron chi connectivity index (χ0n) is 10.1. The second kappa shape index (κ2) is 5.47. The van der Waals surface area contributed by atoms with Crippen LogP contribution in [0.15, 0.2) is 17.1 Å². The number of carbonyl (C=O) groups excluding carboxylic acids is 2. The highest BCUT2D eigenvalue weighted by molar-refractivity contribution is 6.07. The zero-order chi connectivity index (χ0) is 12.9. The van der Waals surface area contributed by atoms with Crippen molar-refractivity contribution >= 4 is 18.0 Å². The summed E-state index contributed by atoms with van der Waals surface area (Å²) in [4.78, 5) is 25.9. The molecule has 6 nitrogen and oxygen atoms in total. The number of cyclic esters (lactones) is 1. The quantitative estimate of drug-likeness (QED) is 0.590. The van der Waals surface area contributed by atoms with Gasteiger partial charge in [-0.1, -0.05) is 0 Å². The molecule has 0 fully saturated rings. The first-order chi connectivity index (χ1) is 7.87. The predicted molar refractivity (Wildman–Crippen MR) is 61.8 cm³/mol. The van der Waals surface area contributed by atoms with Crippen molar-refractivity contribution in [3.63, 3.8) is 0 Å². The molecular formula is C11H16N2O4. The number of esters is 1. The molecule has 1 aliphatic rings. The van der Waals surface area contributed by atoms with Crippen LogP contribution in [0.2, 0.25) is 0 Å². The van der Waals surface area contributed by atoms with Gasteiger partial charge in [-0.25, -0.2) is 14.6 Å². The Balaban J connectivity index is 2.19. The van der Waals surface area contributed by atoms with Crippen LogP contribution in [0, 0.1) is 0 Å². The van der Waals surface area contributed by atoms with Gasteiger partial charge in [0.05, 0.1) is 6.54 Å². The molecule has 1 aliphatic heterocycles. The molecule has 0 radical (unpaired) electrons. The Morgan fingerprint density at radius 1 is 1.47 bits per heavy atom. The molecule has 1 rings (SSSR count). The van der Waals surface area contributed by atoms with E-state index in [1.165, 1.54) is 12.2 Å². The molecular weight excluding hydrogens is 224 g/mol. The van der Waals surface area contributed by atoms with Gasteiger partial charge in [0.2, 0.25) is 5.90 Å². The van der Waals surface area contributed by atoms with Crippen LogP contribution in [0.4, 0.5) is 4.79 Å². The van der Waals surface area contributed by atoms with Crippen LogP contribution in [0.5, 0.6) is 0 Å². The van der Waals surface area contributed by atoms with Crippen LogP contribution in [0.25, 0.3) is 0 Å². The number of nitrogens with one attached hydrogen (secondary N) is 1. The SMILES string of the molecule is CC(C)(C)OC(=O)NCCN=C1C=CC(=O)O1. The van der Waals surface area contributed by atoms with E-state index in [9.17, 15) is 9.59 Å². The van der Waals surface area contributed by atoms with Gasteiger partial charge >= 0.3 is 12.1 Å². The monoisotopic (exact) mass is 240 g/mol. The van der Waals surface area contributed by atoms with Crippen molar-refractivity contribution in [2.24, 2.45) is 4.99 Å². The smallest absolute Gasteiger partial charge is 0.407 e. The van der Waals surface area contributed by atoms with Crippen molar-refractivity contribution in [1.29, 1.82) is 0 Å². The fraction of sp³-hybridized carbons (Fsp3) is 0.545. The Hall–Kier alpha value is -1.85. The van der Waals surface area contributed by atoms with Gasteiger partial charge < -0.3 is 14.8 Å². The molecule has 94 valence electrons. The number of ether oxygens (including phenoxy) is 2. The van der Waals surface area contributed by atoms with E-state index >= 15 is 0 Å². The van der Waals surface area contributed by atoms with Crippen LogP contribution in [-0.2, 0) is 14.3 Å². The first kappa shape index (κ1) is 13.2. The van der Waals surface area contributed by atoms with E-state index < -0.39 is 17.7 Å². The number of amides is 1. The van der Waals surface area contributed by atoms with Crippen LogP contribution in [0.1, 0.15) is 20.8 Å². The third-order valence-electron chi connectivity index (χ3n) is 1.61. The van der Waals surface area contributed by atoms with Gasteiger partial charge in [0, 0.05) is 18.7 Å². The van der Waals surface area contributed by atoms with Gasteiger partial charge in [0.15, 0.2) is 0 Å². The second-order valence-corrected chi connectivity index (χ2v) is 4.40. The van der Waals surface area contributed by atoms with Gasteiger partial charge in [-0.2, -0.15) is 0 Å². The summed E-state index contributed by atoms with van der Waals surface area (Å²) in [6, 6.07) is 0. The fourth-order valence-corrected chi connectivity index (χ4v) is 1.03. The standard InChI is InChI=1S/C11H16N2O4/c1-11(2,3)17-10(15)13-7-6-12-8-4-5-9(14)16-8/h4-5H,6-7H2,1-3H3,(H,13,15). The molecule has 0 bridgehead atoms. The summed E-state index contributed by atoms with van der Waals surface area (Å²) in [5, 5.41) is 2.54. The highest BCUT2D eigenvalue weighted by Crippen LogP contribution is 2.06. The summed E-state index contributed by atoms with van der Waals surface area (Å²) in [5.74, 6) is -0.162. The van der Waals surface area contributed by atoms with Gasteiger partial charge in [-0.3, -0.25) is 0 Å². The molecule has 0 aromatic carbocycles. The molecule has 0 aromatic rings. The minimum Gasteiger partial charge on any atom is -0.444 e. The minimum atomic E-state index is -0.514. The number of hydrogen-bond donors (Lipinski definition) is 1. The molecule has 0 aromatic heterocycles. The van der Waals surface area contributed by atoms with E-state index in [1.54, 1.807) is 20.8 Å². The normalized spacial score (nSPS) is 17.1. The summed E-state index contributed by atoms with van der Waals surface area (Å²) in [6.07, 6.45) is 2.28. The maximum absolute atomic E-state index is 11.2. The summed E-state index contributed by atoms with van der Waals surface area (Å²) < 4.78 is 9.73. The van der Waals surface area contributed by atoms with Crippen LogP contribution in [-0.4, -0.2) is 36.7 Å². The Morgan fingerprint density at radius 3 is 2.71 bits per heavy atom.